The van der Waals surface area contributed by atoms with Crippen LogP contribution in [-0.2, 0) is 6.54 Å². The fraction of sp³-hybridized carbons (Fsp3) is 0.438. The maximum atomic E-state index is 4.18. The Morgan fingerprint density at radius 3 is 3.05 bits per heavy atom. The molecule has 2 rings (SSSR count). The van der Waals surface area contributed by atoms with Crippen LogP contribution >= 0.6 is 11.8 Å². The molecule has 0 aliphatic heterocycles. The maximum absolute atomic E-state index is 4.18. The average Bonchev–Trinajstić information content (AvgIpc) is 2.45. The van der Waals surface area contributed by atoms with E-state index in [4.69, 9.17) is 0 Å². The van der Waals surface area contributed by atoms with E-state index in [0.717, 1.165) is 6.54 Å². The zero-order valence-electron chi connectivity index (χ0n) is 11.7. The lowest BCUT2D eigenvalue weighted by Crippen LogP contribution is -2.26. The molecule has 0 aliphatic carbocycles. The number of hydrogen-bond acceptors (Lipinski definition) is 3. The van der Waals surface area contributed by atoms with Gasteiger partial charge in [0.2, 0.25) is 0 Å². The molecule has 1 atom stereocenters. The molecule has 2 aromatic rings. The highest BCUT2D eigenvalue weighted by atomic mass is 32.2. The smallest absolute Gasteiger partial charge is 0.0346 e. The van der Waals surface area contributed by atoms with E-state index in [-0.39, 0.29) is 0 Å². The van der Waals surface area contributed by atoms with Crippen molar-refractivity contribution in [3.05, 3.63) is 42.2 Å². The van der Waals surface area contributed by atoms with Gasteiger partial charge in [-0.2, -0.15) is 11.8 Å². The predicted octanol–water partition coefficient (Wildman–Crippen LogP) is 3.86. The summed E-state index contributed by atoms with van der Waals surface area (Å²) in [6, 6.07) is 9.09. The molecule has 1 N–H and O–H groups in total. The van der Waals surface area contributed by atoms with Gasteiger partial charge in [0, 0.05) is 30.4 Å². The number of aromatic nitrogens is 1. The molecule has 0 amide bonds. The molecular weight excluding hydrogens is 252 g/mol. The standard InChI is InChI=1S/C16H22N2S/c1-3-19-10-8-13(2)18-12-15-6-4-5-14-11-17-9-7-16(14)15/h4-7,9,11,13,18H,3,8,10,12H2,1-2H3. The third-order valence-corrected chi connectivity index (χ3v) is 4.24. The zero-order valence-corrected chi connectivity index (χ0v) is 12.5. The van der Waals surface area contributed by atoms with E-state index in [2.05, 4.69) is 48.4 Å². The van der Waals surface area contributed by atoms with Crippen molar-refractivity contribution in [3.63, 3.8) is 0 Å². The highest BCUT2D eigenvalue weighted by Crippen LogP contribution is 2.17. The Bertz CT molecular complexity index is 508. The summed E-state index contributed by atoms with van der Waals surface area (Å²) in [7, 11) is 0. The molecule has 1 heterocycles. The second kappa shape index (κ2) is 7.51. The first-order valence-corrected chi connectivity index (χ1v) is 8.09. The van der Waals surface area contributed by atoms with Gasteiger partial charge in [-0.3, -0.25) is 4.98 Å². The van der Waals surface area contributed by atoms with Crippen LogP contribution in [0, 0.1) is 0 Å². The van der Waals surface area contributed by atoms with Crippen molar-refractivity contribution in [3.8, 4) is 0 Å². The van der Waals surface area contributed by atoms with Crippen LogP contribution in [0.4, 0.5) is 0 Å². The number of nitrogens with zero attached hydrogens (tertiary/aromatic N) is 1. The summed E-state index contributed by atoms with van der Waals surface area (Å²) >= 11 is 2.01. The Kier molecular flexibility index (Phi) is 5.67. The summed E-state index contributed by atoms with van der Waals surface area (Å²) in [6.45, 7) is 5.41. The van der Waals surface area contributed by atoms with Crippen molar-refractivity contribution in [2.24, 2.45) is 0 Å². The minimum Gasteiger partial charge on any atom is -0.310 e. The van der Waals surface area contributed by atoms with Crippen LogP contribution < -0.4 is 5.32 Å². The van der Waals surface area contributed by atoms with Crippen molar-refractivity contribution >= 4 is 22.5 Å². The predicted molar refractivity (Wildman–Crippen MR) is 85.7 cm³/mol. The molecule has 0 radical (unpaired) electrons. The fourth-order valence-electron chi connectivity index (χ4n) is 2.13. The SMILES string of the molecule is CCSCCC(C)NCc1cccc2cnccc12. The second-order valence-corrected chi connectivity index (χ2v) is 6.18. The molecule has 1 aromatic heterocycles. The number of thioether (sulfide) groups is 1. The molecule has 3 heteroatoms. The first-order chi connectivity index (χ1) is 9.31. The lowest BCUT2D eigenvalue weighted by atomic mass is 10.1. The Balaban J connectivity index is 1.94. The molecular formula is C16H22N2S. The van der Waals surface area contributed by atoms with Crippen LogP contribution in [0.2, 0.25) is 0 Å². The van der Waals surface area contributed by atoms with Crippen LogP contribution in [0.25, 0.3) is 10.8 Å². The number of benzene rings is 1. The summed E-state index contributed by atoms with van der Waals surface area (Å²) in [5.41, 5.74) is 1.36. The van der Waals surface area contributed by atoms with Gasteiger partial charge in [-0.1, -0.05) is 25.1 Å². The topological polar surface area (TPSA) is 24.9 Å². The van der Waals surface area contributed by atoms with Gasteiger partial charge in [0.1, 0.15) is 0 Å². The number of hydrogen-bond donors (Lipinski definition) is 1. The Labute approximate surface area is 120 Å². The molecule has 0 aliphatic rings. The third kappa shape index (κ3) is 4.22. The molecule has 102 valence electrons. The van der Waals surface area contributed by atoms with Crippen molar-refractivity contribution in [2.75, 3.05) is 11.5 Å². The van der Waals surface area contributed by atoms with E-state index >= 15 is 0 Å². The summed E-state index contributed by atoms with van der Waals surface area (Å²) in [6.07, 6.45) is 5.03. The van der Waals surface area contributed by atoms with Crippen LogP contribution in [0.3, 0.4) is 0 Å². The van der Waals surface area contributed by atoms with Crippen LogP contribution in [0.1, 0.15) is 25.8 Å². The number of pyridine rings is 1. The van der Waals surface area contributed by atoms with Crippen LogP contribution in [0.15, 0.2) is 36.7 Å². The Hall–Kier alpha value is -1.06. The van der Waals surface area contributed by atoms with E-state index in [1.54, 1.807) is 0 Å². The Morgan fingerprint density at radius 2 is 2.21 bits per heavy atom. The number of nitrogens with one attached hydrogen (secondary N) is 1. The van der Waals surface area contributed by atoms with Crippen molar-refractivity contribution < 1.29 is 0 Å². The maximum Gasteiger partial charge on any atom is 0.0346 e. The number of rotatable bonds is 7. The highest BCUT2D eigenvalue weighted by Gasteiger charge is 2.04. The van der Waals surface area contributed by atoms with Gasteiger partial charge in [0.25, 0.3) is 0 Å². The van der Waals surface area contributed by atoms with E-state index in [1.807, 2.05) is 24.2 Å². The van der Waals surface area contributed by atoms with Crippen LogP contribution in [0.5, 0.6) is 0 Å². The second-order valence-electron chi connectivity index (χ2n) is 4.78. The first kappa shape index (κ1) is 14.4. The highest BCUT2D eigenvalue weighted by molar-refractivity contribution is 7.99. The third-order valence-electron chi connectivity index (χ3n) is 3.31. The van der Waals surface area contributed by atoms with Crippen molar-refractivity contribution in [1.29, 1.82) is 0 Å². The summed E-state index contributed by atoms with van der Waals surface area (Å²) < 4.78 is 0. The van der Waals surface area contributed by atoms with Crippen molar-refractivity contribution in [2.45, 2.75) is 32.9 Å². The van der Waals surface area contributed by atoms with E-state index < -0.39 is 0 Å². The largest absolute Gasteiger partial charge is 0.310 e. The summed E-state index contributed by atoms with van der Waals surface area (Å²) in [4.78, 5) is 4.18. The molecule has 19 heavy (non-hydrogen) atoms. The van der Waals surface area contributed by atoms with E-state index in [1.165, 1.54) is 34.3 Å². The Morgan fingerprint density at radius 1 is 1.32 bits per heavy atom. The van der Waals surface area contributed by atoms with Gasteiger partial charge in [-0.25, -0.2) is 0 Å². The molecule has 0 fully saturated rings. The molecule has 0 saturated carbocycles. The zero-order chi connectivity index (χ0) is 13.5. The minimum absolute atomic E-state index is 0.566. The molecule has 0 bridgehead atoms. The van der Waals surface area contributed by atoms with Gasteiger partial charge in [-0.05, 0) is 41.9 Å². The van der Waals surface area contributed by atoms with E-state index in [9.17, 15) is 0 Å². The monoisotopic (exact) mass is 274 g/mol. The lowest BCUT2D eigenvalue weighted by molar-refractivity contribution is 0.539. The van der Waals surface area contributed by atoms with Crippen molar-refractivity contribution in [1.82, 2.24) is 10.3 Å². The molecule has 1 unspecified atom stereocenters. The molecule has 2 nitrogen and oxygen atoms in total. The van der Waals surface area contributed by atoms with Gasteiger partial charge in [0.05, 0.1) is 0 Å². The molecule has 0 spiro atoms. The lowest BCUT2D eigenvalue weighted by Gasteiger charge is -2.14. The fourth-order valence-corrected chi connectivity index (χ4v) is 2.94. The van der Waals surface area contributed by atoms with Crippen LogP contribution in [-0.4, -0.2) is 22.5 Å². The van der Waals surface area contributed by atoms with Gasteiger partial charge < -0.3 is 5.32 Å². The molecule has 0 saturated heterocycles. The summed E-state index contributed by atoms with van der Waals surface area (Å²) in [5.74, 6) is 2.45. The van der Waals surface area contributed by atoms with Gasteiger partial charge >= 0.3 is 0 Å². The minimum atomic E-state index is 0.566. The first-order valence-electron chi connectivity index (χ1n) is 6.94. The number of fused-ring (bicyclic) bond motifs is 1. The quantitative estimate of drug-likeness (QED) is 0.776. The van der Waals surface area contributed by atoms with E-state index in [0.29, 0.717) is 6.04 Å². The average molecular weight is 274 g/mol. The normalized spacial score (nSPS) is 12.7. The molecule has 1 aromatic carbocycles. The summed E-state index contributed by atoms with van der Waals surface area (Å²) in [5, 5.41) is 6.14. The van der Waals surface area contributed by atoms with Gasteiger partial charge in [-0.15, -0.1) is 0 Å². The van der Waals surface area contributed by atoms with Gasteiger partial charge in [0.15, 0.2) is 0 Å².